The molecule has 284 valence electrons. The van der Waals surface area contributed by atoms with Gasteiger partial charge in [-0.2, -0.15) is 0 Å². The Morgan fingerprint density at radius 3 is 2.29 bits per heavy atom. The summed E-state index contributed by atoms with van der Waals surface area (Å²) in [6.45, 7) is 2.21. The summed E-state index contributed by atoms with van der Waals surface area (Å²) in [5, 5.41) is 25.3. The summed E-state index contributed by atoms with van der Waals surface area (Å²) in [7, 11) is 1.29. The second kappa shape index (κ2) is 18.7. The van der Waals surface area contributed by atoms with E-state index in [1.54, 1.807) is 18.3 Å². The van der Waals surface area contributed by atoms with Crippen LogP contribution in [0.1, 0.15) is 57.5 Å². The van der Waals surface area contributed by atoms with Crippen molar-refractivity contribution in [2.24, 2.45) is 5.92 Å². The minimum Gasteiger partial charge on any atom is -0.478 e. The fourth-order valence-electron chi connectivity index (χ4n) is 6.44. The fourth-order valence-corrected chi connectivity index (χ4v) is 7.59. The summed E-state index contributed by atoms with van der Waals surface area (Å²) in [4.78, 5) is 41.5. The molecule has 0 spiro atoms. The summed E-state index contributed by atoms with van der Waals surface area (Å²) >= 11 is 1.34. The Labute approximate surface area is 324 Å². The molecule has 5 atom stereocenters. The van der Waals surface area contributed by atoms with Crippen molar-refractivity contribution >= 4 is 29.7 Å². The molecule has 1 aliphatic rings. The van der Waals surface area contributed by atoms with Crippen LogP contribution in [0.4, 0.5) is 4.79 Å². The van der Waals surface area contributed by atoms with Crippen molar-refractivity contribution in [3.8, 4) is 11.1 Å². The zero-order chi connectivity index (χ0) is 38.7. The first kappa shape index (κ1) is 39.2. The number of amides is 2. The number of carbonyl (C=O) groups excluding carboxylic acids is 2. The van der Waals surface area contributed by atoms with Gasteiger partial charge in [0.2, 0.25) is 0 Å². The van der Waals surface area contributed by atoms with Gasteiger partial charge >= 0.3 is 18.0 Å². The maximum Gasteiger partial charge on any atom is 0.338 e. The van der Waals surface area contributed by atoms with Crippen LogP contribution in [0.2, 0.25) is 0 Å². The van der Waals surface area contributed by atoms with E-state index in [-0.39, 0.29) is 36.8 Å². The van der Waals surface area contributed by atoms with Crippen molar-refractivity contribution in [1.82, 2.24) is 15.6 Å². The van der Waals surface area contributed by atoms with Crippen LogP contribution in [0.3, 0.4) is 0 Å². The molecule has 1 fully saturated rings. The van der Waals surface area contributed by atoms with E-state index < -0.39 is 30.3 Å². The van der Waals surface area contributed by atoms with Crippen LogP contribution in [-0.4, -0.2) is 58.2 Å². The Balaban J connectivity index is 1.17. The first-order valence-electron chi connectivity index (χ1n) is 17.9. The molecule has 1 saturated heterocycles. The predicted octanol–water partition coefficient (Wildman–Crippen LogP) is 7.11. The highest BCUT2D eigenvalue weighted by atomic mass is 32.2. The summed E-state index contributed by atoms with van der Waals surface area (Å²) in [5.41, 5.74) is 6.26. The number of aliphatic hydroxyl groups excluding tert-OH is 1. The number of thioether (sulfide) groups is 1. The number of urea groups is 1. The fraction of sp³-hybridized carbons (Fsp3) is 0.256. The number of carboxylic acid groups (broad SMARTS) is 1. The lowest BCUT2D eigenvalue weighted by atomic mass is 9.91. The number of rotatable bonds is 14. The SMILES string of the molecule is COC(=O)[C@H](Cc1ccccc1)NC(=O)NCc1cccc(-c2cccc([C@@H]3O[C@H](CSc4ncccc4C(=O)O)[C@H](C)[C@H](c4ccc(CO)cc4)O3)c2)c1. The standard InChI is InChI=1S/C43H43N3O8S/c1-27-37(26-55-39-35(40(48)49)15-8-20-44-39)53-42(54-38(27)31-18-16-29(25-47)17-19-31)34-14-7-13-33(23-34)32-12-6-11-30(21-32)24-45-43(51)46-36(41(50)52-2)22-28-9-4-3-5-10-28/h3-21,23,27,36-38,42,47H,22,24-26H2,1-2H3,(H,48,49)(H2,45,46,51)/t27-,36-,37+,38+,42+/m0/s1. The van der Waals surface area contributed by atoms with Crippen LogP contribution >= 0.6 is 11.8 Å². The zero-order valence-corrected chi connectivity index (χ0v) is 31.3. The average Bonchev–Trinajstić information content (AvgIpc) is 3.22. The van der Waals surface area contributed by atoms with Gasteiger partial charge in [-0.3, -0.25) is 0 Å². The highest BCUT2D eigenvalue weighted by Crippen LogP contribution is 2.43. The van der Waals surface area contributed by atoms with Crippen LogP contribution in [0.25, 0.3) is 11.1 Å². The molecule has 5 aromatic rings. The molecule has 0 saturated carbocycles. The minimum atomic E-state index is -1.04. The molecule has 0 bridgehead atoms. The van der Waals surface area contributed by atoms with Gasteiger partial charge in [-0.05, 0) is 57.6 Å². The van der Waals surface area contributed by atoms with Gasteiger partial charge in [-0.25, -0.2) is 19.4 Å². The van der Waals surface area contributed by atoms with Gasteiger partial charge in [-0.1, -0.05) is 97.9 Å². The second-order valence-corrected chi connectivity index (χ2v) is 14.2. The highest BCUT2D eigenvalue weighted by molar-refractivity contribution is 7.99. The molecule has 0 unspecified atom stereocenters. The molecule has 4 aromatic carbocycles. The zero-order valence-electron chi connectivity index (χ0n) is 30.5. The van der Waals surface area contributed by atoms with E-state index in [4.69, 9.17) is 14.2 Å². The summed E-state index contributed by atoms with van der Waals surface area (Å²) in [5.74, 6) is -1.23. The van der Waals surface area contributed by atoms with Crippen LogP contribution in [0.5, 0.6) is 0 Å². The third kappa shape index (κ3) is 10.2. The van der Waals surface area contributed by atoms with Gasteiger partial charge in [0, 0.05) is 36.4 Å². The molecule has 55 heavy (non-hydrogen) atoms. The van der Waals surface area contributed by atoms with Crippen molar-refractivity contribution < 1.29 is 38.8 Å². The summed E-state index contributed by atoms with van der Waals surface area (Å²) in [6, 6.07) is 34.6. The van der Waals surface area contributed by atoms with E-state index in [1.165, 1.54) is 18.9 Å². The lowest BCUT2D eigenvalue weighted by molar-refractivity contribution is -0.268. The molecular formula is C43H43N3O8S. The first-order chi connectivity index (χ1) is 26.7. The number of nitrogens with zero attached hydrogens (tertiary/aromatic N) is 1. The van der Waals surface area contributed by atoms with Gasteiger partial charge < -0.3 is 35.1 Å². The van der Waals surface area contributed by atoms with Gasteiger partial charge in [0.25, 0.3) is 0 Å². The normalized spacial score (nSPS) is 18.5. The van der Waals surface area contributed by atoms with Crippen LogP contribution in [0, 0.1) is 5.92 Å². The Morgan fingerprint density at radius 1 is 0.836 bits per heavy atom. The van der Waals surface area contributed by atoms with Gasteiger partial charge in [0.05, 0.1) is 31.5 Å². The van der Waals surface area contributed by atoms with E-state index in [9.17, 15) is 24.6 Å². The van der Waals surface area contributed by atoms with Gasteiger partial charge in [-0.15, -0.1) is 11.8 Å². The Hall–Kier alpha value is -5.53. The lowest BCUT2D eigenvalue weighted by Crippen LogP contribution is -2.47. The largest absolute Gasteiger partial charge is 0.478 e. The van der Waals surface area contributed by atoms with E-state index in [0.717, 1.165) is 38.9 Å². The molecule has 11 nitrogen and oxygen atoms in total. The number of aliphatic hydroxyl groups is 1. The average molecular weight is 762 g/mol. The molecule has 1 aromatic heterocycles. The number of carbonyl (C=O) groups is 3. The Morgan fingerprint density at radius 2 is 1.56 bits per heavy atom. The van der Waals surface area contributed by atoms with Crippen LogP contribution < -0.4 is 10.6 Å². The molecule has 0 aliphatic carbocycles. The number of hydrogen-bond acceptors (Lipinski definition) is 9. The van der Waals surface area contributed by atoms with E-state index >= 15 is 0 Å². The topological polar surface area (TPSA) is 156 Å². The molecule has 1 aliphatic heterocycles. The number of benzene rings is 4. The maximum absolute atomic E-state index is 12.9. The number of ether oxygens (including phenoxy) is 3. The number of aromatic nitrogens is 1. The number of nitrogens with one attached hydrogen (secondary N) is 2. The monoisotopic (exact) mass is 761 g/mol. The van der Waals surface area contributed by atoms with E-state index in [1.807, 2.05) is 103 Å². The molecule has 12 heteroatoms. The second-order valence-electron chi connectivity index (χ2n) is 13.2. The highest BCUT2D eigenvalue weighted by Gasteiger charge is 2.38. The third-order valence-electron chi connectivity index (χ3n) is 9.46. The van der Waals surface area contributed by atoms with Crippen molar-refractivity contribution in [3.05, 3.63) is 155 Å². The third-order valence-corrected chi connectivity index (χ3v) is 10.5. The minimum absolute atomic E-state index is 0.0653. The lowest BCUT2D eigenvalue weighted by Gasteiger charge is -2.41. The van der Waals surface area contributed by atoms with Crippen molar-refractivity contribution in [2.75, 3.05) is 12.9 Å². The molecule has 2 heterocycles. The van der Waals surface area contributed by atoms with E-state index in [0.29, 0.717) is 17.2 Å². The smallest absolute Gasteiger partial charge is 0.338 e. The van der Waals surface area contributed by atoms with Gasteiger partial charge in [0.1, 0.15) is 11.1 Å². The number of methoxy groups -OCH3 is 1. The van der Waals surface area contributed by atoms with Crippen molar-refractivity contribution in [1.29, 1.82) is 0 Å². The summed E-state index contributed by atoms with van der Waals surface area (Å²) < 4.78 is 18.2. The molecular weight excluding hydrogens is 719 g/mol. The molecule has 6 rings (SSSR count). The van der Waals surface area contributed by atoms with Gasteiger partial charge in [0.15, 0.2) is 6.29 Å². The molecule has 0 radical (unpaired) electrons. The predicted molar refractivity (Wildman–Crippen MR) is 208 cm³/mol. The summed E-state index contributed by atoms with van der Waals surface area (Å²) in [6.07, 6.45) is 0.461. The number of hydrogen-bond donors (Lipinski definition) is 4. The Kier molecular flexibility index (Phi) is 13.3. The Bertz CT molecular complexity index is 2080. The number of carboxylic acids is 1. The van der Waals surface area contributed by atoms with Crippen LogP contribution in [0.15, 0.2) is 126 Å². The van der Waals surface area contributed by atoms with Crippen molar-refractivity contribution in [2.45, 2.75) is 56.1 Å². The maximum atomic E-state index is 12.9. The number of pyridine rings is 1. The molecule has 4 N–H and O–H groups in total. The van der Waals surface area contributed by atoms with Crippen LogP contribution in [-0.2, 0) is 38.6 Å². The quantitative estimate of drug-likeness (QED) is 0.0680. The first-order valence-corrected chi connectivity index (χ1v) is 18.9. The number of esters is 1. The van der Waals surface area contributed by atoms with E-state index in [2.05, 4.69) is 22.5 Å². The molecule has 2 amide bonds. The number of aromatic carboxylic acids is 1. The van der Waals surface area contributed by atoms with Crippen molar-refractivity contribution in [3.63, 3.8) is 0 Å².